The number of aromatic nitrogens is 3. The second-order valence-electron chi connectivity index (χ2n) is 3.14. The monoisotopic (exact) mass is 180 g/mol. The topological polar surface area (TPSA) is 53.6 Å². The molecule has 13 heavy (non-hydrogen) atoms. The van der Waals surface area contributed by atoms with E-state index in [1.807, 2.05) is 6.92 Å². The van der Waals surface area contributed by atoms with Gasteiger partial charge in [-0.05, 0) is 19.9 Å². The first-order valence-corrected chi connectivity index (χ1v) is 4.47. The Kier molecular flexibility index (Phi) is 3.64. The number of nitrogens with one attached hydrogen (secondary N) is 2. The molecule has 72 valence electrons. The average Bonchev–Trinajstić information content (AvgIpc) is 2.54. The van der Waals surface area contributed by atoms with Crippen LogP contribution in [-0.4, -0.2) is 21.7 Å². The Balaban J connectivity index is 2.62. The lowest BCUT2D eigenvalue weighted by Crippen LogP contribution is -2.22. The largest absolute Gasteiger partial charge is 0.307 e. The molecule has 0 saturated heterocycles. The SMILES string of the molecule is C=C(C)CC(NCC)c1ncn[nH]1. The highest BCUT2D eigenvalue weighted by Crippen LogP contribution is 2.15. The lowest BCUT2D eigenvalue weighted by atomic mass is 10.1. The molecule has 1 unspecified atom stereocenters. The highest BCUT2D eigenvalue weighted by molar-refractivity contribution is 5.00. The summed E-state index contributed by atoms with van der Waals surface area (Å²) in [5.41, 5.74) is 1.14. The Labute approximate surface area is 78.5 Å². The predicted molar refractivity (Wildman–Crippen MR) is 52.2 cm³/mol. The van der Waals surface area contributed by atoms with E-state index in [4.69, 9.17) is 0 Å². The van der Waals surface area contributed by atoms with Crippen LogP contribution in [0.5, 0.6) is 0 Å². The first-order valence-electron chi connectivity index (χ1n) is 4.47. The van der Waals surface area contributed by atoms with Gasteiger partial charge in [0, 0.05) is 0 Å². The van der Waals surface area contributed by atoms with Crippen LogP contribution in [0.1, 0.15) is 32.1 Å². The summed E-state index contributed by atoms with van der Waals surface area (Å²) in [6, 6.07) is 0.213. The number of rotatable bonds is 5. The van der Waals surface area contributed by atoms with Crippen LogP contribution < -0.4 is 5.32 Å². The molecule has 0 aliphatic rings. The molecule has 1 rings (SSSR count). The van der Waals surface area contributed by atoms with E-state index in [-0.39, 0.29) is 6.04 Å². The van der Waals surface area contributed by atoms with E-state index in [2.05, 4.69) is 34.0 Å². The van der Waals surface area contributed by atoms with E-state index in [1.54, 1.807) is 0 Å². The van der Waals surface area contributed by atoms with Crippen LogP contribution in [0.3, 0.4) is 0 Å². The lowest BCUT2D eigenvalue weighted by Gasteiger charge is -2.14. The van der Waals surface area contributed by atoms with Crippen LogP contribution in [0, 0.1) is 0 Å². The van der Waals surface area contributed by atoms with Gasteiger partial charge in [0.2, 0.25) is 0 Å². The van der Waals surface area contributed by atoms with Crippen LogP contribution in [0.4, 0.5) is 0 Å². The van der Waals surface area contributed by atoms with Crippen molar-refractivity contribution in [3.8, 4) is 0 Å². The molecule has 2 N–H and O–H groups in total. The van der Waals surface area contributed by atoms with E-state index >= 15 is 0 Å². The van der Waals surface area contributed by atoms with E-state index in [0.717, 1.165) is 24.4 Å². The van der Waals surface area contributed by atoms with Crippen molar-refractivity contribution in [1.29, 1.82) is 0 Å². The molecule has 0 aromatic carbocycles. The maximum Gasteiger partial charge on any atom is 0.141 e. The molecule has 0 amide bonds. The van der Waals surface area contributed by atoms with Gasteiger partial charge < -0.3 is 5.32 Å². The summed E-state index contributed by atoms with van der Waals surface area (Å²) < 4.78 is 0. The summed E-state index contributed by atoms with van der Waals surface area (Å²) in [6.45, 7) is 8.89. The minimum atomic E-state index is 0.213. The van der Waals surface area contributed by atoms with Crippen LogP contribution in [0.25, 0.3) is 0 Å². The van der Waals surface area contributed by atoms with Crippen LogP contribution in [0.2, 0.25) is 0 Å². The van der Waals surface area contributed by atoms with Crippen molar-refractivity contribution >= 4 is 0 Å². The third-order valence-electron chi connectivity index (χ3n) is 1.77. The molecule has 1 heterocycles. The van der Waals surface area contributed by atoms with Crippen molar-refractivity contribution < 1.29 is 0 Å². The molecule has 4 heteroatoms. The van der Waals surface area contributed by atoms with E-state index in [9.17, 15) is 0 Å². The summed E-state index contributed by atoms with van der Waals surface area (Å²) in [6.07, 6.45) is 2.42. The van der Waals surface area contributed by atoms with Crippen molar-refractivity contribution in [1.82, 2.24) is 20.5 Å². The van der Waals surface area contributed by atoms with Gasteiger partial charge in [0.25, 0.3) is 0 Å². The fraction of sp³-hybridized carbons (Fsp3) is 0.556. The zero-order valence-electron chi connectivity index (χ0n) is 8.17. The summed E-state index contributed by atoms with van der Waals surface area (Å²) in [4.78, 5) is 4.12. The predicted octanol–water partition coefficient (Wildman–Crippen LogP) is 1.42. The molecule has 0 saturated carbocycles. The molecular formula is C9H16N4. The second kappa shape index (κ2) is 4.77. The standard InChI is InChI=1S/C9H16N4/c1-4-10-8(5-7(2)3)9-11-6-12-13-9/h6,8,10H,2,4-5H2,1,3H3,(H,11,12,13). The van der Waals surface area contributed by atoms with Gasteiger partial charge in [0.05, 0.1) is 6.04 Å². The van der Waals surface area contributed by atoms with Crippen molar-refractivity contribution in [2.75, 3.05) is 6.54 Å². The maximum absolute atomic E-state index is 4.12. The third kappa shape index (κ3) is 2.99. The highest BCUT2D eigenvalue weighted by atomic mass is 15.2. The number of H-pyrrole nitrogens is 1. The van der Waals surface area contributed by atoms with Crippen LogP contribution in [-0.2, 0) is 0 Å². The third-order valence-corrected chi connectivity index (χ3v) is 1.77. The fourth-order valence-corrected chi connectivity index (χ4v) is 1.24. The molecule has 0 spiro atoms. The molecule has 0 bridgehead atoms. The van der Waals surface area contributed by atoms with E-state index in [1.165, 1.54) is 6.33 Å². The minimum absolute atomic E-state index is 0.213. The zero-order chi connectivity index (χ0) is 9.68. The first kappa shape index (κ1) is 9.92. The summed E-state index contributed by atoms with van der Waals surface area (Å²) >= 11 is 0. The van der Waals surface area contributed by atoms with Gasteiger partial charge in [0.1, 0.15) is 12.2 Å². The number of hydrogen-bond acceptors (Lipinski definition) is 3. The zero-order valence-corrected chi connectivity index (χ0v) is 8.17. The first-order chi connectivity index (χ1) is 6.24. The van der Waals surface area contributed by atoms with Crippen molar-refractivity contribution in [3.63, 3.8) is 0 Å². The average molecular weight is 180 g/mol. The van der Waals surface area contributed by atoms with Crippen molar-refractivity contribution in [2.24, 2.45) is 0 Å². The summed E-state index contributed by atoms with van der Waals surface area (Å²) in [5, 5.41) is 10.0. The minimum Gasteiger partial charge on any atom is -0.307 e. The molecule has 1 aromatic heterocycles. The molecule has 0 aliphatic heterocycles. The molecule has 1 atom stereocenters. The van der Waals surface area contributed by atoms with Gasteiger partial charge in [-0.1, -0.05) is 12.5 Å². The van der Waals surface area contributed by atoms with Gasteiger partial charge in [-0.3, -0.25) is 5.10 Å². The van der Waals surface area contributed by atoms with Gasteiger partial charge >= 0.3 is 0 Å². The van der Waals surface area contributed by atoms with E-state index in [0.29, 0.717) is 0 Å². The normalized spacial score (nSPS) is 12.8. The Bertz CT molecular complexity index is 253. The van der Waals surface area contributed by atoms with E-state index < -0.39 is 0 Å². The molecule has 0 fully saturated rings. The van der Waals surface area contributed by atoms with Gasteiger partial charge in [-0.15, -0.1) is 6.58 Å². The maximum atomic E-state index is 4.12. The van der Waals surface area contributed by atoms with Gasteiger partial charge in [0.15, 0.2) is 0 Å². The van der Waals surface area contributed by atoms with Gasteiger partial charge in [-0.25, -0.2) is 4.98 Å². The number of nitrogens with zero attached hydrogens (tertiary/aromatic N) is 2. The number of aromatic amines is 1. The van der Waals surface area contributed by atoms with Crippen LogP contribution >= 0.6 is 0 Å². The lowest BCUT2D eigenvalue weighted by molar-refractivity contribution is 0.522. The summed E-state index contributed by atoms with van der Waals surface area (Å²) in [5.74, 6) is 0.879. The quantitative estimate of drug-likeness (QED) is 0.674. The van der Waals surface area contributed by atoms with Gasteiger partial charge in [-0.2, -0.15) is 5.10 Å². The highest BCUT2D eigenvalue weighted by Gasteiger charge is 2.12. The Morgan fingerprint density at radius 2 is 2.54 bits per heavy atom. The Morgan fingerprint density at radius 1 is 1.77 bits per heavy atom. The molecule has 0 radical (unpaired) electrons. The second-order valence-corrected chi connectivity index (χ2v) is 3.14. The fourth-order valence-electron chi connectivity index (χ4n) is 1.24. The Hall–Kier alpha value is -1.16. The van der Waals surface area contributed by atoms with Crippen LogP contribution in [0.15, 0.2) is 18.5 Å². The molecule has 4 nitrogen and oxygen atoms in total. The smallest absolute Gasteiger partial charge is 0.141 e. The van der Waals surface area contributed by atoms with Crippen molar-refractivity contribution in [3.05, 3.63) is 24.3 Å². The summed E-state index contributed by atoms with van der Waals surface area (Å²) in [7, 11) is 0. The molecular weight excluding hydrogens is 164 g/mol. The number of hydrogen-bond donors (Lipinski definition) is 2. The molecule has 1 aromatic rings. The Morgan fingerprint density at radius 3 is 3.00 bits per heavy atom. The van der Waals surface area contributed by atoms with Crippen molar-refractivity contribution in [2.45, 2.75) is 26.3 Å². The molecule has 0 aliphatic carbocycles.